The molecule has 3 nitrogen and oxygen atoms in total. The predicted molar refractivity (Wildman–Crippen MR) is 72.8 cm³/mol. The van der Waals surface area contributed by atoms with Gasteiger partial charge < -0.3 is 11.1 Å². The van der Waals surface area contributed by atoms with Gasteiger partial charge in [0.05, 0.1) is 5.41 Å². The number of nitrogen functional groups attached to an aromatic ring is 1. The summed E-state index contributed by atoms with van der Waals surface area (Å²) < 4.78 is 0. The van der Waals surface area contributed by atoms with E-state index in [9.17, 15) is 4.79 Å². The van der Waals surface area contributed by atoms with E-state index in [1.54, 1.807) is 6.92 Å². The van der Waals surface area contributed by atoms with E-state index in [1.807, 2.05) is 24.3 Å². The van der Waals surface area contributed by atoms with Crippen molar-refractivity contribution < 1.29 is 4.79 Å². The molecule has 1 amide bonds. The van der Waals surface area contributed by atoms with Crippen LogP contribution in [0.25, 0.3) is 0 Å². The SMILES string of the molecule is CC#CCCNC(=O)C1(c2ccc(N)cc2)CC1. The van der Waals surface area contributed by atoms with E-state index < -0.39 is 0 Å². The number of hydrogen-bond donors (Lipinski definition) is 2. The first-order valence-electron chi connectivity index (χ1n) is 6.23. The molecule has 18 heavy (non-hydrogen) atoms. The Morgan fingerprint density at radius 1 is 1.39 bits per heavy atom. The van der Waals surface area contributed by atoms with E-state index >= 15 is 0 Å². The molecule has 0 bridgehead atoms. The van der Waals surface area contributed by atoms with Crippen LogP contribution in [0.3, 0.4) is 0 Å². The summed E-state index contributed by atoms with van der Waals surface area (Å²) in [6.07, 6.45) is 2.55. The third kappa shape index (κ3) is 2.48. The van der Waals surface area contributed by atoms with Gasteiger partial charge in [-0.3, -0.25) is 4.79 Å². The zero-order valence-corrected chi connectivity index (χ0v) is 10.6. The highest BCUT2D eigenvalue weighted by atomic mass is 16.2. The summed E-state index contributed by atoms with van der Waals surface area (Å²) in [6.45, 7) is 2.43. The van der Waals surface area contributed by atoms with Crippen molar-refractivity contribution in [3.05, 3.63) is 29.8 Å². The van der Waals surface area contributed by atoms with Gasteiger partial charge in [-0.05, 0) is 37.5 Å². The Hall–Kier alpha value is -1.95. The van der Waals surface area contributed by atoms with Gasteiger partial charge in [0.2, 0.25) is 5.91 Å². The van der Waals surface area contributed by atoms with Crippen LogP contribution in [-0.4, -0.2) is 12.5 Å². The molecule has 94 valence electrons. The molecule has 0 aliphatic heterocycles. The van der Waals surface area contributed by atoms with Crippen LogP contribution < -0.4 is 11.1 Å². The Kier molecular flexibility index (Phi) is 3.57. The lowest BCUT2D eigenvalue weighted by molar-refractivity contribution is -0.123. The van der Waals surface area contributed by atoms with Crippen LogP contribution in [0.5, 0.6) is 0 Å². The second kappa shape index (κ2) is 5.14. The lowest BCUT2D eigenvalue weighted by atomic mass is 9.95. The van der Waals surface area contributed by atoms with Gasteiger partial charge in [0, 0.05) is 18.7 Å². The number of nitrogens with one attached hydrogen (secondary N) is 1. The zero-order chi connectivity index (χ0) is 13.0. The maximum atomic E-state index is 12.2. The molecule has 0 spiro atoms. The highest BCUT2D eigenvalue weighted by Gasteiger charge is 2.50. The second-order valence-corrected chi connectivity index (χ2v) is 4.64. The Bertz CT molecular complexity index is 489. The van der Waals surface area contributed by atoms with Crippen molar-refractivity contribution in [2.24, 2.45) is 0 Å². The van der Waals surface area contributed by atoms with Crippen LogP contribution >= 0.6 is 0 Å². The fraction of sp³-hybridized carbons (Fsp3) is 0.400. The van der Waals surface area contributed by atoms with Crippen LogP contribution in [-0.2, 0) is 10.2 Å². The minimum atomic E-state index is -0.312. The Morgan fingerprint density at radius 3 is 2.61 bits per heavy atom. The first-order valence-corrected chi connectivity index (χ1v) is 6.23. The van der Waals surface area contributed by atoms with Crippen LogP contribution in [0, 0.1) is 11.8 Å². The average Bonchev–Trinajstić information content (AvgIpc) is 3.17. The maximum absolute atomic E-state index is 12.2. The summed E-state index contributed by atoms with van der Waals surface area (Å²) in [5.74, 6) is 5.88. The van der Waals surface area contributed by atoms with Gasteiger partial charge in [0.25, 0.3) is 0 Å². The fourth-order valence-corrected chi connectivity index (χ4v) is 2.11. The third-order valence-corrected chi connectivity index (χ3v) is 3.36. The Labute approximate surface area is 108 Å². The average molecular weight is 242 g/mol. The molecule has 1 aliphatic carbocycles. The van der Waals surface area contributed by atoms with Crippen molar-refractivity contribution in [1.29, 1.82) is 0 Å². The van der Waals surface area contributed by atoms with Crippen molar-refractivity contribution in [3.8, 4) is 11.8 Å². The summed E-state index contributed by atoms with van der Waals surface area (Å²) in [6, 6.07) is 7.61. The lowest BCUT2D eigenvalue weighted by Crippen LogP contribution is -2.35. The summed E-state index contributed by atoms with van der Waals surface area (Å²) in [5, 5.41) is 2.96. The summed E-state index contributed by atoms with van der Waals surface area (Å²) in [4.78, 5) is 12.2. The van der Waals surface area contributed by atoms with Crippen LogP contribution in [0.2, 0.25) is 0 Å². The number of amides is 1. The second-order valence-electron chi connectivity index (χ2n) is 4.64. The highest BCUT2D eigenvalue weighted by molar-refractivity contribution is 5.91. The molecule has 1 aromatic rings. The normalized spacial score (nSPS) is 15.4. The van der Waals surface area contributed by atoms with Gasteiger partial charge in [0.15, 0.2) is 0 Å². The number of rotatable bonds is 4. The molecule has 0 atom stereocenters. The van der Waals surface area contributed by atoms with Crippen molar-refractivity contribution in [2.75, 3.05) is 12.3 Å². The minimum Gasteiger partial charge on any atom is -0.399 e. The van der Waals surface area contributed by atoms with Gasteiger partial charge in [-0.2, -0.15) is 0 Å². The lowest BCUT2D eigenvalue weighted by Gasteiger charge is -2.15. The number of anilines is 1. The number of nitrogens with two attached hydrogens (primary N) is 1. The molecule has 1 saturated carbocycles. The molecule has 0 aromatic heterocycles. The molecule has 0 radical (unpaired) electrons. The van der Waals surface area contributed by atoms with Gasteiger partial charge in [-0.15, -0.1) is 11.8 Å². The van der Waals surface area contributed by atoms with E-state index in [2.05, 4.69) is 17.2 Å². The topological polar surface area (TPSA) is 55.1 Å². The molecular formula is C15H18N2O. The Morgan fingerprint density at radius 2 is 2.06 bits per heavy atom. The number of carbonyl (C=O) groups excluding carboxylic acids is 1. The molecule has 1 aromatic carbocycles. The molecule has 3 heteroatoms. The summed E-state index contributed by atoms with van der Waals surface area (Å²) in [7, 11) is 0. The monoisotopic (exact) mass is 242 g/mol. The zero-order valence-electron chi connectivity index (χ0n) is 10.6. The number of carbonyl (C=O) groups is 1. The van der Waals surface area contributed by atoms with Crippen LogP contribution in [0.1, 0.15) is 31.7 Å². The van der Waals surface area contributed by atoms with E-state index in [4.69, 9.17) is 5.73 Å². The van der Waals surface area contributed by atoms with Crippen molar-refractivity contribution >= 4 is 11.6 Å². The molecule has 3 N–H and O–H groups in total. The predicted octanol–water partition coefficient (Wildman–Crippen LogP) is 1.83. The molecule has 0 unspecified atom stereocenters. The van der Waals surface area contributed by atoms with Crippen LogP contribution in [0.4, 0.5) is 5.69 Å². The van der Waals surface area contributed by atoms with E-state index in [-0.39, 0.29) is 11.3 Å². The highest BCUT2D eigenvalue weighted by Crippen LogP contribution is 2.48. The molecule has 0 saturated heterocycles. The third-order valence-electron chi connectivity index (χ3n) is 3.36. The first kappa shape index (κ1) is 12.5. The summed E-state index contributed by atoms with van der Waals surface area (Å²) in [5.41, 5.74) is 7.15. The quantitative estimate of drug-likeness (QED) is 0.481. The largest absolute Gasteiger partial charge is 0.399 e. The van der Waals surface area contributed by atoms with Gasteiger partial charge in [0.1, 0.15) is 0 Å². The summed E-state index contributed by atoms with van der Waals surface area (Å²) >= 11 is 0. The molecule has 1 aliphatic rings. The molecule has 1 fully saturated rings. The van der Waals surface area contributed by atoms with Crippen molar-refractivity contribution in [1.82, 2.24) is 5.32 Å². The maximum Gasteiger partial charge on any atom is 0.230 e. The molecular weight excluding hydrogens is 224 g/mol. The minimum absolute atomic E-state index is 0.116. The van der Waals surface area contributed by atoms with E-state index in [1.165, 1.54) is 0 Å². The van der Waals surface area contributed by atoms with Gasteiger partial charge >= 0.3 is 0 Å². The van der Waals surface area contributed by atoms with E-state index in [0.717, 1.165) is 24.1 Å². The van der Waals surface area contributed by atoms with Gasteiger partial charge in [-0.25, -0.2) is 0 Å². The number of hydrogen-bond acceptors (Lipinski definition) is 2. The standard InChI is InChI=1S/C15H18N2O/c1-2-3-4-11-17-14(18)15(9-10-15)12-5-7-13(16)8-6-12/h5-8H,4,9-11,16H2,1H3,(H,17,18). The van der Waals surface area contributed by atoms with Crippen molar-refractivity contribution in [3.63, 3.8) is 0 Å². The molecule has 2 rings (SSSR count). The van der Waals surface area contributed by atoms with Gasteiger partial charge in [-0.1, -0.05) is 12.1 Å². The first-order chi connectivity index (χ1) is 8.69. The number of benzene rings is 1. The van der Waals surface area contributed by atoms with E-state index in [0.29, 0.717) is 13.0 Å². The Balaban J connectivity index is 2.00. The van der Waals surface area contributed by atoms with Crippen molar-refractivity contribution in [2.45, 2.75) is 31.6 Å². The molecule has 0 heterocycles. The van der Waals surface area contributed by atoms with Crippen LogP contribution in [0.15, 0.2) is 24.3 Å². The fourth-order valence-electron chi connectivity index (χ4n) is 2.11. The smallest absolute Gasteiger partial charge is 0.230 e.